The fraction of sp³-hybridized carbons (Fsp3) is 1.00. The minimum atomic E-state index is 0.662. The minimum Gasteiger partial charge on any atom is -0.288 e. The average Bonchev–Trinajstić information content (AvgIpc) is 2.28. The van der Waals surface area contributed by atoms with Crippen LogP contribution < -0.4 is 0 Å². The van der Waals surface area contributed by atoms with E-state index in [4.69, 9.17) is 0 Å². The highest BCUT2D eigenvalue weighted by Gasteiger charge is 2.19. The Balaban J connectivity index is 4.38. The van der Waals surface area contributed by atoms with Crippen LogP contribution in [0.2, 0.25) is 0 Å². The molecule has 15 heavy (non-hydrogen) atoms. The monoisotopic (exact) mass is 214 g/mol. The van der Waals surface area contributed by atoms with Crippen LogP contribution in [0.1, 0.15) is 53.9 Å². The second-order valence-corrected chi connectivity index (χ2v) is 4.07. The molecule has 0 aromatic heterocycles. The maximum Gasteiger partial charge on any atom is 0.0622 e. The summed E-state index contributed by atoms with van der Waals surface area (Å²) in [5, 5.41) is 0. The molecule has 0 heterocycles. The van der Waals surface area contributed by atoms with Gasteiger partial charge < -0.3 is 0 Å². The van der Waals surface area contributed by atoms with E-state index in [1.54, 1.807) is 0 Å². The van der Waals surface area contributed by atoms with Crippen molar-refractivity contribution in [3.63, 3.8) is 0 Å². The summed E-state index contributed by atoms with van der Waals surface area (Å²) in [5.74, 6) is 0. The van der Waals surface area contributed by atoms with Crippen LogP contribution in [0.4, 0.5) is 0 Å². The summed E-state index contributed by atoms with van der Waals surface area (Å²) in [6, 6.07) is 0. The Morgan fingerprint density at radius 3 is 1.40 bits per heavy atom. The van der Waals surface area contributed by atoms with E-state index in [9.17, 15) is 0 Å². The lowest BCUT2D eigenvalue weighted by Gasteiger charge is -2.38. The first-order valence-electron chi connectivity index (χ1n) is 6.73. The zero-order valence-electron chi connectivity index (χ0n) is 11.4. The normalized spacial score (nSPS) is 12.0. The number of hydrogen-bond donors (Lipinski definition) is 0. The van der Waals surface area contributed by atoms with Crippen LogP contribution in [0, 0.1) is 0 Å². The van der Waals surface area contributed by atoms with Gasteiger partial charge in [0.25, 0.3) is 0 Å². The molecule has 0 atom stereocenters. The van der Waals surface area contributed by atoms with Gasteiger partial charge in [0.15, 0.2) is 0 Å². The summed E-state index contributed by atoms with van der Waals surface area (Å²) in [7, 11) is 0. The van der Waals surface area contributed by atoms with Crippen LogP contribution in [-0.4, -0.2) is 42.1 Å². The van der Waals surface area contributed by atoms with Gasteiger partial charge in [-0.15, -0.1) is 0 Å². The van der Waals surface area contributed by atoms with Crippen molar-refractivity contribution in [3.8, 4) is 0 Å². The van der Waals surface area contributed by atoms with Gasteiger partial charge in [0.1, 0.15) is 0 Å². The van der Waals surface area contributed by atoms with Crippen molar-refractivity contribution in [1.82, 2.24) is 9.80 Å². The largest absolute Gasteiger partial charge is 0.288 e. The second kappa shape index (κ2) is 9.17. The predicted octanol–water partition coefficient (Wildman–Crippen LogP) is 3.19. The molecular formula is C13H30N2. The average molecular weight is 214 g/mol. The number of hydrogen-bond acceptors (Lipinski definition) is 2. The van der Waals surface area contributed by atoms with Crippen LogP contribution in [0.5, 0.6) is 0 Å². The van der Waals surface area contributed by atoms with Crippen LogP contribution >= 0.6 is 0 Å². The lowest BCUT2D eigenvalue weighted by Crippen LogP contribution is -2.48. The van der Waals surface area contributed by atoms with E-state index in [2.05, 4.69) is 44.4 Å². The van der Waals surface area contributed by atoms with E-state index in [0.29, 0.717) is 6.17 Å². The summed E-state index contributed by atoms with van der Waals surface area (Å²) < 4.78 is 0. The quantitative estimate of drug-likeness (QED) is 0.544. The molecule has 2 nitrogen and oxygen atoms in total. The summed E-state index contributed by atoms with van der Waals surface area (Å²) in [6.45, 7) is 16.0. The molecule has 0 radical (unpaired) electrons. The first-order valence-corrected chi connectivity index (χ1v) is 6.73. The molecule has 0 spiro atoms. The van der Waals surface area contributed by atoms with E-state index >= 15 is 0 Å². The highest BCUT2D eigenvalue weighted by molar-refractivity contribution is 4.70. The van der Waals surface area contributed by atoms with Gasteiger partial charge in [-0.05, 0) is 32.6 Å². The lowest BCUT2D eigenvalue weighted by atomic mass is 10.1. The Bertz CT molecular complexity index is 116. The fourth-order valence-corrected chi connectivity index (χ4v) is 2.27. The molecule has 92 valence electrons. The number of nitrogens with zero attached hydrogens (tertiary/aromatic N) is 2. The van der Waals surface area contributed by atoms with Crippen LogP contribution in [0.25, 0.3) is 0 Å². The van der Waals surface area contributed by atoms with Crippen molar-refractivity contribution in [2.24, 2.45) is 0 Å². The summed E-state index contributed by atoms with van der Waals surface area (Å²) in [5.41, 5.74) is 0. The van der Waals surface area contributed by atoms with Crippen molar-refractivity contribution in [1.29, 1.82) is 0 Å². The maximum atomic E-state index is 2.59. The van der Waals surface area contributed by atoms with Gasteiger partial charge in [0, 0.05) is 0 Å². The number of rotatable bonds is 9. The van der Waals surface area contributed by atoms with Gasteiger partial charge in [-0.25, -0.2) is 0 Å². The van der Waals surface area contributed by atoms with Crippen molar-refractivity contribution in [2.45, 2.75) is 60.0 Å². The molecule has 0 aliphatic rings. The van der Waals surface area contributed by atoms with Gasteiger partial charge in [-0.1, -0.05) is 47.5 Å². The Labute approximate surface area is 96.6 Å². The van der Waals surface area contributed by atoms with E-state index in [1.165, 1.54) is 45.4 Å². The summed E-state index contributed by atoms with van der Waals surface area (Å²) in [4.78, 5) is 5.17. The van der Waals surface area contributed by atoms with E-state index < -0.39 is 0 Å². The Hall–Kier alpha value is -0.0800. The summed E-state index contributed by atoms with van der Waals surface area (Å²) in [6.07, 6.45) is 4.63. The highest BCUT2D eigenvalue weighted by atomic mass is 15.3. The fourth-order valence-electron chi connectivity index (χ4n) is 2.27. The van der Waals surface area contributed by atoms with E-state index in [-0.39, 0.29) is 0 Å². The van der Waals surface area contributed by atoms with Gasteiger partial charge >= 0.3 is 0 Å². The first-order chi connectivity index (χ1) is 7.24. The van der Waals surface area contributed by atoms with Gasteiger partial charge in [0.2, 0.25) is 0 Å². The Morgan fingerprint density at radius 2 is 1.13 bits per heavy atom. The van der Waals surface area contributed by atoms with Crippen molar-refractivity contribution >= 4 is 0 Å². The molecule has 0 N–H and O–H groups in total. The van der Waals surface area contributed by atoms with Gasteiger partial charge in [-0.3, -0.25) is 9.80 Å². The zero-order chi connectivity index (χ0) is 11.7. The molecule has 0 fully saturated rings. The molecule has 0 rings (SSSR count). The van der Waals surface area contributed by atoms with E-state index in [1.807, 2.05) is 0 Å². The molecule has 0 saturated heterocycles. The van der Waals surface area contributed by atoms with Crippen molar-refractivity contribution < 1.29 is 0 Å². The summed E-state index contributed by atoms with van der Waals surface area (Å²) >= 11 is 0. The molecule has 0 aromatic carbocycles. The third-order valence-corrected chi connectivity index (χ3v) is 3.28. The minimum absolute atomic E-state index is 0.662. The van der Waals surface area contributed by atoms with Crippen molar-refractivity contribution in [3.05, 3.63) is 0 Å². The zero-order valence-corrected chi connectivity index (χ0v) is 11.4. The van der Waals surface area contributed by atoms with Crippen LogP contribution in [-0.2, 0) is 0 Å². The molecule has 0 aromatic rings. The molecule has 0 amide bonds. The first kappa shape index (κ1) is 14.9. The second-order valence-electron chi connectivity index (χ2n) is 4.07. The van der Waals surface area contributed by atoms with Gasteiger partial charge in [-0.2, -0.15) is 0 Å². The number of unbranched alkanes of at least 4 members (excludes halogenated alkanes) is 1. The molecular weight excluding hydrogens is 184 g/mol. The van der Waals surface area contributed by atoms with Crippen LogP contribution in [0.3, 0.4) is 0 Å². The van der Waals surface area contributed by atoms with Crippen LogP contribution in [0.15, 0.2) is 0 Å². The third-order valence-electron chi connectivity index (χ3n) is 3.28. The Kier molecular flexibility index (Phi) is 9.12. The Morgan fingerprint density at radius 1 is 0.733 bits per heavy atom. The molecule has 2 heteroatoms. The smallest absolute Gasteiger partial charge is 0.0622 e. The molecule has 0 saturated carbocycles. The van der Waals surface area contributed by atoms with Crippen molar-refractivity contribution in [2.75, 3.05) is 26.2 Å². The van der Waals surface area contributed by atoms with E-state index in [0.717, 1.165) is 0 Å². The lowest BCUT2D eigenvalue weighted by molar-refractivity contribution is 0.0485. The molecule has 0 unspecified atom stereocenters. The van der Waals surface area contributed by atoms with Gasteiger partial charge in [0.05, 0.1) is 6.17 Å². The topological polar surface area (TPSA) is 6.48 Å². The molecule has 0 aliphatic heterocycles. The molecule has 0 aliphatic carbocycles. The third kappa shape index (κ3) is 4.98. The maximum absolute atomic E-state index is 2.59. The SMILES string of the molecule is CCCCC(N(CC)CC)N(CC)CC. The standard InChI is InChI=1S/C13H30N2/c1-6-11-12-13(14(7-2)8-3)15(9-4)10-5/h13H,6-12H2,1-5H3. The highest BCUT2D eigenvalue weighted by Crippen LogP contribution is 2.13. The predicted molar refractivity (Wildman–Crippen MR) is 69.2 cm³/mol. The molecule has 0 bridgehead atoms.